The van der Waals surface area contributed by atoms with Crippen LogP contribution < -0.4 is 5.73 Å². The number of hydrogen-bond acceptors (Lipinski definition) is 5. The molecule has 0 aromatic carbocycles. The van der Waals surface area contributed by atoms with Crippen LogP contribution >= 0.6 is 11.3 Å². The highest BCUT2D eigenvalue weighted by Gasteiger charge is 2.12. The normalized spacial score (nSPS) is 11.1. The van der Waals surface area contributed by atoms with E-state index in [1.807, 2.05) is 12.3 Å². The summed E-state index contributed by atoms with van der Waals surface area (Å²) in [4.78, 5) is 15.6. The Morgan fingerprint density at radius 1 is 1.20 bits per heavy atom. The minimum Gasteiger partial charge on any atom is -0.383 e. The maximum atomic E-state index is 6.09. The van der Waals surface area contributed by atoms with E-state index in [4.69, 9.17) is 5.73 Å². The largest absolute Gasteiger partial charge is 0.383 e. The zero-order chi connectivity index (χ0) is 14.1. The van der Waals surface area contributed by atoms with E-state index in [9.17, 15) is 0 Å². The van der Waals surface area contributed by atoms with Crippen LogP contribution in [0.15, 0.2) is 24.5 Å². The van der Waals surface area contributed by atoms with Gasteiger partial charge in [0.15, 0.2) is 5.82 Å². The number of hydrogen-bond donors (Lipinski definition) is 1. The second kappa shape index (κ2) is 5.17. The van der Waals surface area contributed by atoms with Crippen LogP contribution in [0.4, 0.5) is 5.82 Å². The van der Waals surface area contributed by atoms with Gasteiger partial charge in [-0.1, -0.05) is 13.8 Å². The molecule has 5 heteroatoms. The summed E-state index contributed by atoms with van der Waals surface area (Å²) in [5.74, 6) is 1.25. The molecule has 0 fully saturated rings. The molecule has 3 aromatic rings. The van der Waals surface area contributed by atoms with Gasteiger partial charge in [0.2, 0.25) is 0 Å². The molecule has 2 N–H and O–H groups in total. The fourth-order valence-electron chi connectivity index (χ4n) is 2.22. The molecule has 0 aliphatic rings. The van der Waals surface area contributed by atoms with Gasteiger partial charge in [-0.3, -0.25) is 4.98 Å². The third kappa shape index (κ3) is 2.14. The molecule has 3 aromatic heterocycles. The summed E-state index contributed by atoms with van der Waals surface area (Å²) in [5, 5.41) is 0.961. The maximum absolute atomic E-state index is 6.09. The lowest BCUT2D eigenvalue weighted by Crippen LogP contribution is -1.98. The molecule has 102 valence electrons. The SMILES string of the molecule is CCc1cc2c(N)nc(-c3ccncc3CC)nc2s1. The van der Waals surface area contributed by atoms with Crippen LogP contribution in [-0.2, 0) is 12.8 Å². The molecule has 0 saturated carbocycles. The molecular weight excluding hydrogens is 268 g/mol. The molecule has 0 atom stereocenters. The van der Waals surface area contributed by atoms with E-state index >= 15 is 0 Å². The van der Waals surface area contributed by atoms with E-state index in [2.05, 4.69) is 34.9 Å². The Morgan fingerprint density at radius 3 is 2.80 bits per heavy atom. The Hall–Kier alpha value is -2.01. The first-order valence-electron chi connectivity index (χ1n) is 6.72. The number of aromatic nitrogens is 3. The fourth-order valence-corrected chi connectivity index (χ4v) is 3.19. The first-order chi connectivity index (χ1) is 9.72. The van der Waals surface area contributed by atoms with Crippen molar-refractivity contribution in [2.45, 2.75) is 26.7 Å². The van der Waals surface area contributed by atoms with E-state index < -0.39 is 0 Å². The van der Waals surface area contributed by atoms with Crippen molar-refractivity contribution >= 4 is 27.4 Å². The number of rotatable bonds is 3. The summed E-state index contributed by atoms with van der Waals surface area (Å²) >= 11 is 1.69. The van der Waals surface area contributed by atoms with E-state index in [0.717, 1.165) is 34.2 Å². The van der Waals surface area contributed by atoms with Gasteiger partial charge in [-0.05, 0) is 30.5 Å². The molecular formula is C15H16N4S. The smallest absolute Gasteiger partial charge is 0.163 e. The van der Waals surface area contributed by atoms with Gasteiger partial charge < -0.3 is 5.73 Å². The molecule has 0 spiro atoms. The number of aryl methyl sites for hydroxylation is 2. The van der Waals surface area contributed by atoms with Crippen molar-refractivity contribution in [2.75, 3.05) is 5.73 Å². The molecule has 3 rings (SSSR count). The Labute approximate surface area is 121 Å². The van der Waals surface area contributed by atoms with Crippen molar-refractivity contribution in [2.24, 2.45) is 0 Å². The van der Waals surface area contributed by atoms with Gasteiger partial charge in [-0.2, -0.15) is 0 Å². The Bertz CT molecular complexity index is 764. The van der Waals surface area contributed by atoms with Gasteiger partial charge in [-0.15, -0.1) is 11.3 Å². The molecule has 20 heavy (non-hydrogen) atoms. The molecule has 0 aliphatic carbocycles. The number of pyridine rings is 1. The van der Waals surface area contributed by atoms with Gasteiger partial charge in [0.1, 0.15) is 10.6 Å². The number of nitrogens with zero attached hydrogens (tertiary/aromatic N) is 3. The lowest BCUT2D eigenvalue weighted by molar-refractivity contribution is 1.09. The second-order valence-corrected chi connectivity index (χ2v) is 5.72. The Kier molecular flexibility index (Phi) is 3.36. The minimum atomic E-state index is 0.555. The number of anilines is 1. The molecule has 0 radical (unpaired) electrons. The molecule has 0 aliphatic heterocycles. The van der Waals surface area contributed by atoms with E-state index in [-0.39, 0.29) is 0 Å². The van der Waals surface area contributed by atoms with E-state index in [1.165, 1.54) is 4.88 Å². The first kappa shape index (κ1) is 13.0. The third-order valence-electron chi connectivity index (χ3n) is 3.35. The lowest BCUT2D eigenvalue weighted by atomic mass is 10.1. The Morgan fingerprint density at radius 2 is 2.05 bits per heavy atom. The van der Waals surface area contributed by atoms with Gasteiger partial charge >= 0.3 is 0 Å². The quantitative estimate of drug-likeness (QED) is 0.800. The van der Waals surface area contributed by atoms with Crippen LogP contribution in [0.25, 0.3) is 21.6 Å². The van der Waals surface area contributed by atoms with Gasteiger partial charge in [0, 0.05) is 22.8 Å². The molecule has 0 bridgehead atoms. The summed E-state index contributed by atoms with van der Waals surface area (Å²) in [6.07, 6.45) is 5.52. The van der Waals surface area contributed by atoms with Gasteiger partial charge in [-0.25, -0.2) is 9.97 Å². The van der Waals surface area contributed by atoms with Crippen LogP contribution in [0.1, 0.15) is 24.3 Å². The van der Waals surface area contributed by atoms with Gasteiger partial charge in [0.05, 0.1) is 5.39 Å². The van der Waals surface area contributed by atoms with Crippen LogP contribution in [0.5, 0.6) is 0 Å². The van der Waals surface area contributed by atoms with Crippen LogP contribution in [-0.4, -0.2) is 15.0 Å². The second-order valence-electron chi connectivity index (χ2n) is 4.60. The number of fused-ring (bicyclic) bond motifs is 1. The lowest BCUT2D eigenvalue weighted by Gasteiger charge is -2.06. The molecule has 0 amide bonds. The summed E-state index contributed by atoms with van der Waals surface area (Å²) in [7, 11) is 0. The van der Waals surface area contributed by atoms with E-state index in [0.29, 0.717) is 11.6 Å². The zero-order valence-corrected chi connectivity index (χ0v) is 12.4. The van der Waals surface area contributed by atoms with Crippen molar-refractivity contribution in [3.8, 4) is 11.4 Å². The standard InChI is InChI=1S/C15H16N4S/c1-3-9-8-17-6-5-11(9)14-18-13(16)12-7-10(4-2)20-15(12)19-14/h5-8H,3-4H2,1-2H3,(H2,16,18,19). The topological polar surface area (TPSA) is 64.7 Å². The van der Waals surface area contributed by atoms with Crippen molar-refractivity contribution in [3.63, 3.8) is 0 Å². The number of nitrogens with two attached hydrogens (primary N) is 1. The predicted octanol–water partition coefficient (Wildman–Crippen LogP) is 3.46. The average molecular weight is 284 g/mol. The van der Waals surface area contributed by atoms with Crippen LogP contribution in [0.2, 0.25) is 0 Å². The maximum Gasteiger partial charge on any atom is 0.163 e. The highest BCUT2D eigenvalue weighted by molar-refractivity contribution is 7.18. The monoisotopic (exact) mass is 284 g/mol. The van der Waals surface area contributed by atoms with Crippen molar-refractivity contribution in [1.82, 2.24) is 15.0 Å². The van der Waals surface area contributed by atoms with Crippen molar-refractivity contribution in [1.29, 1.82) is 0 Å². The van der Waals surface area contributed by atoms with Crippen molar-refractivity contribution in [3.05, 3.63) is 35.0 Å². The highest BCUT2D eigenvalue weighted by Crippen LogP contribution is 2.31. The molecule has 3 heterocycles. The summed E-state index contributed by atoms with van der Waals surface area (Å²) < 4.78 is 0. The van der Waals surface area contributed by atoms with Gasteiger partial charge in [0.25, 0.3) is 0 Å². The highest BCUT2D eigenvalue weighted by atomic mass is 32.1. The first-order valence-corrected chi connectivity index (χ1v) is 7.53. The molecule has 0 unspecified atom stereocenters. The van der Waals surface area contributed by atoms with Crippen molar-refractivity contribution < 1.29 is 0 Å². The number of nitrogen functional groups attached to an aromatic ring is 1. The van der Waals surface area contributed by atoms with E-state index in [1.54, 1.807) is 17.5 Å². The van der Waals surface area contributed by atoms with Crippen LogP contribution in [0, 0.1) is 0 Å². The summed E-state index contributed by atoms with van der Waals surface area (Å²) in [5.41, 5.74) is 8.25. The summed E-state index contributed by atoms with van der Waals surface area (Å²) in [6.45, 7) is 4.23. The fraction of sp³-hybridized carbons (Fsp3) is 0.267. The zero-order valence-electron chi connectivity index (χ0n) is 11.6. The third-order valence-corrected chi connectivity index (χ3v) is 4.52. The summed E-state index contributed by atoms with van der Waals surface area (Å²) in [6, 6.07) is 4.04. The van der Waals surface area contributed by atoms with Crippen LogP contribution in [0.3, 0.4) is 0 Å². The minimum absolute atomic E-state index is 0.555. The molecule has 4 nitrogen and oxygen atoms in total. The average Bonchev–Trinajstić information content (AvgIpc) is 2.91. The Balaban J connectivity index is 2.21. The molecule has 0 saturated heterocycles. The number of thiophene rings is 1. The predicted molar refractivity (Wildman–Crippen MR) is 83.8 cm³/mol.